The first-order valence-electron chi connectivity index (χ1n) is 6.65. The minimum Gasteiger partial charge on any atom is -0.369 e. The predicted octanol–water partition coefficient (Wildman–Crippen LogP) is 1.33. The number of amides is 3. The van der Waals surface area contributed by atoms with E-state index in [1.807, 2.05) is 4.90 Å². The van der Waals surface area contributed by atoms with E-state index in [1.165, 1.54) is 6.42 Å². The topological polar surface area (TPSA) is 75.4 Å². The van der Waals surface area contributed by atoms with E-state index in [-0.39, 0.29) is 12.6 Å². The van der Waals surface area contributed by atoms with Gasteiger partial charge in [0.05, 0.1) is 5.41 Å². The van der Waals surface area contributed by atoms with Crippen molar-refractivity contribution in [2.75, 3.05) is 19.6 Å². The summed E-state index contributed by atoms with van der Waals surface area (Å²) in [6.07, 6.45) is 3.27. The van der Waals surface area contributed by atoms with Gasteiger partial charge in [-0.1, -0.05) is 6.92 Å². The first-order valence-corrected chi connectivity index (χ1v) is 6.65. The smallest absolute Gasteiger partial charge is 0.317 e. The number of carbonyl (C=O) groups is 2. The number of likely N-dealkylation sites (tertiary alicyclic amines) is 1. The molecule has 1 saturated heterocycles. The maximum absolute atomic E-state index is 12.0. The highest BCUT2D eigenvalue weighted by Crippen LogP contribution is 2.17. The average molecular weight is 255 g/mol. The van der Waals surface area contributed by atoms with Crippen molar-refractivity contribution in [3.05, 3.63) is 0 Å². The van der Waals surface area contributed by atoms with Crippen LogP contribution in [-0.2, 0) is 4.79 Å². The van der Waals surface area contributed by atoms with Gasteiger partial charge in [-0.25, -0.2) is 4.79 Å². The fraction of sp³-hybridized carbons (Fsp3) is 0.846. The van der Waals surface area contributed by atoms with Gasteiger partial charge in [-0.05, 0) is 39.0 Å². The molecular formula is C13H25N3O2. The molecule has 1 fully saturated rings. The molecule has 0 spiro atoms. The van der Waals surface area contributed by atoms with E-state index in [0.29, 0.717) is 5.92 Å². The molecule has 0 aromatic rings. The fourth-order valence-corrected chi connectivity index (χ4v) is 1.96. The number of primary amides is 1. The van der Waals surface area contributed by atoms with E-state index in [9.17, 15) is 9.59 Å². The summed E-state index contributed by atoms with van der Waals surface area (Å²) in [7, 11) is 0. The molecule has 0 unspecified atom stereocenters. The van der Waals surface area contributed by atoms with Gasteiger partial charge in [-0.3, -0.25) is 4.79 Å². The Morgan fingerprint density at radius 1 is 1.33 bits per heavy atom. The van der Waals surface area contributed by atoms with Crippen LogP contribution >= 0.6 is 0 Å². The minimum absolute atomic E-state index is 0.0848. The zero-order valence-electron chi connectivity index (χ0n) is 11.7. The van der Waals surface area contributed by atoms with E-state index in [0.717, 1.165) is 25.9 Å². The normalized spacial score (nSPS) is 21.3. The third-order valence-corrected chi connectivity index (χ3v) is 3.65. The molecule has 0 bridgehead atoms. The third kappa shape index (κ3) is 4.20. The Balaban J connectivity index is 2.43. The summed E-state index contributed by atoms with van der Waals surface area (Å²) in [5, 5.41) is 2.80. The molecule has 0 aromatic heterocycles. The maximum Gasteiger partial charge on any atom is 0.317 e. The van der Waals surface area contributed by atoms with Crippen molar-refractivity contribution in [1.29, 1.82) is 0 Å². The number of nitrogens with one attached hydrogen (secondary N) is 1. The van der Waals surface area contributed by atoms with Crippen LogP contribution in [0.5, 0.6) is 0 Å². The Hall–Kier alpha value is -1.26. The van der Waals surface area contributed by atoms with Gasteiger partial charge in [0.25, 0.3) is 0 Å². The van der Waals surface area contributed by atoms with Crippen LogP contribution in [0.4, 0.5) is 4.79 Å². The van der Waals surface area contributed by atoms with Crippen molar-refractivity contribution in [3.63, 3.8) is 0 Å². The van der Waals surface area contributed by atoms with E-state index in [1.54, 1.807) is 13.8 Å². The molecule has 1 heterocycles. The lowest BCUT2D eigenvalue weighted by atomic mass is 9.93. The second-order valence-corrected chi connectivity index (χ2v) is 5.93. The Labute approximate surface area is 109 Å². The first-order chi connectivity index (χ1) is 8.33. The van der Waals surface area contributed by atoms with Crippen molar-refractivity contribution in [2.45, 2.75) is 40.0 Å². The standard InChI is InChI=1S/C13H25N3O2/c1-10-5-4-7-16(8-6-10)12(18)15-9-13(2,3)11(14)17/h10H,4-9H2,1-3H3,(H2,14,17)(H,15,18)/t10-/m1/s1. The van der Waals surface area contributed by atoms with E-state index in [4.69, 9.17) is 5.73 Å². The summed E-state index contributed by atoms with van der Waals surface area (Å²) < 4.78 is 0. The van der Waals surface area contributed by atoms with Crippen LogP contribution < -0.4 is 11.1 Å². The van der Waals surface area contributed by atoms with Gasteiger partial charge in [-0.15, -0.1) is 0 Å². The monoisotopic (exact) mass is 255 g/mol. The fourth-order valence-electron chi connectivity index (χ4n) is 1.96. The molecule has 3 N–H and O–H groups in total. The molecule has 0 saturated carbocycles. The summed E-state index contributed by atoms with van der Waals surface area (Å²) in [5.74, 6) is 0.289. The lowest BCUT2D eigenvalue weighted by Crippen LogP contribution is -2.47. The Bertz CT molecular complexity index is 315. The second-order valence-electron chi connectivity index (χ2n) is 5.93. The zero-order chi connectivity index (χ0) is 13.8. The molecule has 5 heteroatoms. The molecule has 1 rings (SSSR count). The van der Waals surface area contributed by atoms with E-state index in [2.05, 4.69) is 12.2 Å². The minimum atomic E-state index is -0.700. The number of nitrogens with zero attached hydrogens (tertiary/aromatic N) is 1. The number of hydrogen-bond donors (Lipinski definition) is 2. The van der Waals surface area contributed by atoms with Crippen molar-refractivity contribution in [2.24, 2.45) is 17.1 Å². The molecule has 1 aliphatic rings. The number of rotatable bonds is 3. The van der Waals surface area contributed by atoms with Crippen molar-refractivity contribution >= 4 is 11.9 Å². The molecule has 1 atom stereocenters. The van der Waals surface area contributed by atoms with Crippen molar-refractivity contribution in [1.82, 2.24) is 10.2 Å². The summed E-state index contributed by atoms with van der Waals surface area (Å²) in [6.45, 7) is 7.57. The molecule has 5 nitrogen and oxygen atoms in total. The van der Waals surface area contributed by atoms with Gasteiger partial charge in [0.1, 0.15) is 0 Å². The Morgan fingerprint density at radius 3 is 2.61 bits per heavy atom. The lowest BCUT2D eigenvalue weighted by Gasteiger charge is -2.25. The zero-order valence-corrected chi connectivity index (χ0v) is 11.7. The average Bonchev–Trinajstić information content (AvgIpc) is 2.51. The highest BCUT2D eigenvalue weighted by atomic mass is 16.2. The SMILES string of the molecule is C[C@@H]1CCCN(C(=O)NCC(C)(C)C(N)=O)CC1. The summed E-state index contributed by atoms with van der Waals surface area (Å²) in [5.41, 5.74) is 4.57. The Kier molecular flexibility index (Phi) is 4.99. The first kappa shape index (κ1) is 14.8. The molecular weight excluding hydrogens is 230 g/mol. The molecule has 3 amide bonds. The molecule has 18 heavy (non-hydrogen) atoms. The van der Waals surface area contributed by atoms with Crippen LogP contribution in [0.1, 0.15) is 40.0 Å². The molecule has 1 aliphatic heterocycles. The number of urea groups is 1. The second kappa shape index (κ2) is 6.07. The quantitative estimate of drug-likeness (QED) is 0.798. The maximum atomic E-state index is 12.0. The Morgan fingerprint density at radius 2 is 2.00 bits per heavy atom. The van der Waals surface area contributed by atoms with Gasteiger partial charge in [-0.2, -0.15) is 0 Å². The predicted molar refractivity (Wildman–Crippen MR) is 71.0 cm³/mol. The van der Waals surface area contributed by atoms with Crippen LogP contribution in [-0.4, -0.2) is 36.5 Å². The molecule has 0 radical (unpaired) electrons. The van der Waals surface area contributed by atoms with Gasteiger partial charge in [0.2, 0.25) is 5.91 Å². The molecule has 0 aliphatic carbocycles. The molecule has 0 aromatic carbocycles. The van der Waals surface area contributed by atoms with Crippen LogP contribution in [0.25, 0.3) is 0 Å². The van der Waals surface area contributed by atoms with Crippen LogP contribution in [0.3, 0.4) is 0 Å². The van der Waals surface area contributed by atoms with Gasteiger partial charge in [0.15, 0.2) is 0 Å². The van der Waals surface area contributed by atoms with Gasteiger partial charge in [0, 0.05) is 19.6 Å². The van der Waals surface area contributed by atoms with E-state index < -0.39 is 11.3 Å². The van der Waals surface area contributed by atoms with Crippen molar-refractivity contribution < 1.29 is 9.59 Å². The summed E-state index contributed by atoms with van der Waals surface area (Å²) in [6, 6.07) is -0.0848. The number of hydrogen-bond acceptors (Lipinski definition) is 2. The highest BCUT2D eigenvalue weighted by molar-refractivity contribution is 5.81. The summed E-state index contributed by atoms with van der Waals surface area (Å²) in [4.78, 5) is 25.0. The van der Waals surface area contributed by atoms with Crippen LogP contribution in [0, 0.1) is 11.3 Å². The van der Waals surface area contributed by atoms with E-state index >= 15 is 0 Å². The summed E-state index contributed by atoms with van der Waals surface area (Å²) >= 11 is 0. The largest absolute Gasteiger partial charge is 0.369 e. The number of carbonyl (C=O) groups excluding carboxylic acids is 2. The van der Waals surface area contributed by atoms with Gasteiger partial charge >= 0.3 is 6.03 Å². The lowest BCUT2D eigenvalue weighted by molar-refractivity contribution is -0.125. The molecule has 104 valence electrons. The van der Waals surface area contributed by atoms with Crippen LogP contribution in [0.2, 0.25) is 0 Å². The van der Waals surface area contributed by atoms with Crippen molar-refractivity contribution in [3.8, 4) is 0 Å². The van der Waals surface area contributed by atoms with Crippen LogP contribution in [0.15, 0.2) is 0 Å². The third-order valence-electron chi connectivity index (χ3n) is 3.65. The van der Waals surface area contributed by atoms with Gasteiger partial charge < -0.3 is 16.0 Å². The number of nitrogens with two attached hydrogens (primary N) is 1. The highest BCUT2D eigenvalue weighted by Gasteiger charge is 2.27.